The largest absolute Gasteiger partial charge is 0.508 e. The fourth-order valence-electron chi connectivity index (χ4n) is 2.35. The zero-order chi connectivity index (χ0) is 12.4. The minimum absolute atomic E-state index is 0.161. The van der Waals surface area contributed by atoms with Crippen molar-refractivity contribution >= 4 is 11.6 Å². The molecule has 94 valence electrons. The molecule has 4 heteroatoms. The van der Waals surface area contributed by atoms with Crippen molar-refractivity contribution in [2.24, 2.45) is 0 Å². The van der Waals surface area contributed by atoms with Crippen LogP contribution in [0.15, 0.2) is 18.2 Å². The molecule has 1 aliphatic rings. The molecule has 1 aromatic rings. The van der Waals surface area contributed by atoms with Crippen LogP contribution in [0, 0.1) is 0 Å². The summed E-state index contributed by atoms with van der Waals surface area (Å²) in [6, 6.07) is 5.35. The normalized spacial score (nSPS) is 22.9. The molecule has 0 bridgehead atoms. The first-order valence-electron chi connectivity index (χ1n) is 5.87. The van der Waals surface area contributed by atoms with Gasteiger partial charge in [0.1, 0.15) is 5.75 Å². The fourth-order valence-corrected chi connectivity index (χ4v) is 2.54. The number of methoxy groups -OCH3 is 1. The van der Waals surface area contributed by atoms with Gasteiger partial charge in [-0.1, -0.05) is 11.6 Å². The number of benzene rings is 1. The molecular formula is C13H18ClNO2. The lowest BCUT2D eigenvalue weighted by Gasteiger charge is -2.25. The Labute approximate surface area is 107 Å². The standard InChI is InChI=1S/C13H18ClNO2/c1-9(15-6-5-11(8-15)17-2)12-7-10(14)3-4-13(12)16/h3-4,7,9,11,16H,5-6,8H2,1-2H3. The third kappa shape index (κ3) is 2.73. The lowest BCUT2D eigenvalue weighted by molar-refractivity contribution is 0.102. The number of hydrogen-bond acceptors (Lipinski definition) is 3. The number of phenolic OH excluding ortho intramolecular Hbond substituents is 1. The Kier molecular flexibility index (Phi) is 3.92. The van der Waals surface area contributed by atoms with Gasteiger partial charge in [0.05, 0.1) is 6.10 Å². The van der Waals surface area contributed by atoms with Gasteiger partial charge in [0.2, 0.25) is 0 Å². The Bertz CT molecular complexity index is 397. The summed E-state index contributed by atoms with van der Waals surface area (Å²) in [6.07, 6.45) is 1.35. The molecule has 0 saturated carbocycles. The van der Waals surface area contributed by atoms with E-state index in [1.165, 1.54) is 0 Å². The third-order valence-corrected chi connectivity index (χ3v) is 3.73. The molecular weight excluding hydrogens is 238 g/mol. The van der Waals surface area contributed by atoms with Gasteiger partial charge in [-0.3, -0.25) is 4.90 Å². The van der Waals surface area contributed by atoms with Gasteiger partial charge in [-0.2, -0.15) is 0 Å². The minimum atomic E-state index is 0.161. The molecule has 0 spiro atoms. The Hall–Kier alpha value is -0.770. The molecule has 17 heavy (non-hydrogen) atoms. The molecule has 1 N–H and O–H groups in total. The molecule has 0 aromatic heterocycles. The average Bonchev–Trinajstić information content (AvgIpc) is 2.80. The van der Waals surface area contributed by atoms with Gasteiger partial charge in [-0.15, -0.1) is 0 Å². The maximum absolute atomic E-state index is 9.87. The summed E-state index contributed by atoms with van der Waals surface area (Å²) in [5, 5.41) is 10.5. The third-order valence-electron chi connectivity index (χ3n) is 3.50. The summed E-state index contributed by atoms with van der Waals surface area (Å²) >= 11 is 5.97. The summed E-state index contributed by atoms with van der Waals surface area (Å²) in [5.41, 5.74) is 0.884. The van der Waals surface area contributed by atoms with Crippen molar-refractivity contribution in [3.05, 3.63) is 28.8 Å². The number of nitrogens with zero attached hydrogens (tertiary/aromatic N) is 1. The molecule has 0 radical (unpaired) electrons. The lowest BCUT2D eigenvalue weighted by atomic mass is 10.1. The van der Waals surface area contributed by atoms with Crippen LogP contribution in [0.4, 0.5) is 0 Å². The average molecular weight is 256 g/mol. The van der Waals surface area contributed by atoms with Crippen molar-refractivity contribution in [2.45, 2.75) is 25.5 Å². The summed E-state index contributed by atoms with van der Waals surface area (Å²) in [5.74, 6) is 0.308. The molecule has 0 amide bonds. The molecule has 2 atom stereocenters. The van der Waals surface area contributed by atoms with Crippen LogP contribution < -0.4 is 0 Å². The molecule has 1 fully saturated rings. The Balaban J connectivity index is 2.14. The molecule has 2 unspecified atom stereocenters. The number of likely N-dealkylation sites (tertiary alicyclic amines) is 1. The highest BCUT2D eigenvalue weighted by Crippen LogP contribution is 2.32. The minimum Gasteiger partial charge on any atom is -0.508 e. The van der Waals surface area contributed by atoms with Crippen molar-refractivity contribution < 1.29 is 9.84 Å². The van der Waals surface area contributed by atoms with Crippen molar-refractivity contribution in [1.29, 1.82) is 0 Å². The van der Waals surface area contributed by atoms with Crippen LogP contribution in [-0.2, 0) is 4.74 Å². The number of hydrogen-bond donors (Lipinski definition) is 1. The summed E-state index contributed by atoms with van der Waals surface area (Å²) in [6.45, 7) is 3.98. The maximum Gasteiger partial charge on any atom is 0.120 e. The van der Waals surface area contributed by atoms with Crippen LogP contribution in [0.5, 0.6) is 5.75 Å². The Morgan fingerprint density at radius 2 is 2.29 bits per heavy atom. The zero-order valence-electron chi connectivity index (χ0n) is 10.2. The monoisotopic (exact) mass is 255 g/mol. The molecule has 1 saturated heterocycles. The number of aromatic hydroxyl groups is 1. The fraction of sp³-hybridized carbons (Fsp3) is 0.538. The highest BCUT2D eigenvalue weighted by molar-refractivity contribution is 6.30. The van der Waals surface area contributed by atoms with Crippen molar-refractivity contribution in [3.8, 4) is 5.75 Å². The van der Waals surface area contributed by atoms with E-state index in [2.05, 4.69) is 11.8 Å². The van der Waals surface area contributed by atoms with Crippen molar-refractivity contribution in [1.82, 2.24) is 4.90 Å². The maximum atomic E-state index is 9.87. The first-order valence-corrected chi connectivity index (χ1v) is 6.25. The van der Waals surface area contributed by atoms with Crippen LogP contribution in [0.2, 0.25) is 5.02 Å². The van der Waals surface area contributed by atoms with E-state index in [4.69, 9.17) is 16.3 Å². The van der Waals surface area contributed by atoms with Gasteiger partial charge in [-0.05, 0) is 31.5 Å². The highest BCUT2D eigenvalue weighted by Gasteiger charge is 2.27. The van der Waals surface area contributed by atoms with E-state index in [0.717, 1.165) is 25.1 Å². The van der Waals surface area contributed by atoms with E-state index >= 15 is 0 Å². The van der Waals surface area contributed by atoms with E-state index < -0.39 is 0 Å². The number of rotatable bonds is 3. The second kappa shape index (κ2) is 5.25. The summed E-state index contributed by atoms with van der Waals surface area (Å²) in [7, 11) is 1.75. The van der Waals surface area contributed by atoms with Gasteiger partial charge >= 0.3 is 0 Å². The van der Waals surface area contributed by atoms with Crippen LogP contribution in [0.1, 0.15) is 24.9 Å². The molecule has 1 heterocycles. The topological polar surface area (TPSA) is 32.7 Å². The molecule has 1 aliphatic heterocycles. The zero-order valence-corrected chi connectivity index (χ0v) is 10.9. The van der Waals surface area contributed by atoms with E-state index in [1.54, 1.807) is 19.2 Å². The van der Waals surface area contributed by atoms with Gasteiger partial charge in [0, 0.05) is 36.8 Å². The second-order valence-electron chi connectivity index (χ2n) is 4.52. The first-order chi connectivity index (χ1) is 8.11. The van der Waals surface area contributed by atoms with E-state index in [1.807, 2.05) is 6.07 Å². The van der Waals surface area contributed by atoms with Crippen molar-refractivity contribution in [3.63, 3.8) is 0 Å². The van der Waals surface area contributed by atoms with Gasteiger partial charge in [0.15, 0.2) is 0 Å². The molecule has 2 rings (SSSR count). The van der Waals surface area contributed by atoms with Gasteiger partial charge < -0.3 is 9.84 Å². The lowest BCUT2D eigenvalue weighted by Crippen LogP contribution is -2.26. The Morgan fingerprint density at radius 1 is 1.53 bits per heavy atom. The van der Waals surface area contributed by atoms with Gasteiger partial charge in [-0.25, -0.2) is 0 Å². The number of ether oxygens (including phenoxy) is 1. The van der Waals surface area contributed by atoms with Crippen molar-refractivity contribution in [2.75, 3.05) is 20.2 Å². The smallest absolute Gasteiger partial charge is 0.120 e. The molecule has 3 nitrogen and oxygen atoms in total. The first kappa shape index (κ1) is 12.7. The predicted molar refractivity (Wildman–Crippen MR) is 68.5 cm³/mol. The highest BCUT2D eigenvalue weighted by atomic mass is 35.5. The van der Waals surface area contributed by atoms with Crippen LogP contribution >= 0.6 is 11.6 Å². The van der Waals surface area contributed by atoms with E-state index in [-0.39, 0.29) is 6.04 Å². The van der Waals surface area contributed by atoms with Crippen LogP contribution in [0.25, 0.3) is 0 Å². The molecule has 0 aliphatic carbocycles. The quantitative estimate of drug-likeness (QED) is 0.902. The molecule has 1 aromatic carbocycles. The summed E-state index contributed by atoms with van der Waals surface area (Å²) in [4.78, 5) is 2.31. The SMILES string of the molecule is COC1CCN(C(C)c2cc(Cl)ccc2O)C1. The Morgan fingerprint density at radius 3 is 2.94 bits per heavy atom. The second-order valence-corrected chi connectivity index (χ2v) is 4.96. The van der Waals surface area contributed by atoms with E-state index in [0.29, 0.717) is 16.9 Å². The predicted octanol–water partition coefficient (Wildman–Crippen LogP) is 2.83. The van der Waals surface area contributed by atoms with Crippen LogP contribution in [0.3, 0.4) is 0 Å². The van der Waals surface area contributed by atoms with Gasteiger partial charge in [0.25, 0.3) is 0 Å². The number of phenols is 1. The van der Waals surface area contributed by atoms with Crippen LogP contribution in [-0.4, -0.2) is 36.3 Å². The summed E-state index contributed by atoms with van der Waals surface area (Å²) < 4.78 is 5.35. The number of halogens is 1. The van der Waals surface area contributed by atoms with E-state index in [9.17, 15) is 5.11 Å².